The summed E-state index contributed by atoms with van der Waals surface area (Å²) >= 11 is 0. The van der Waals surface area contributed by atoms with E-state index in [-0.39, 0.29) is 6.04 Å². The number of aromatic nitrogens is 4. The molecule has 9 heteroatoms. The van der Waals surface area contributed by atoms with Crippen LogP contribution in [0.5, 0.6) is 0 Å². The lowest BCUT2D eigenvalue weighted by Gasteiger charge is -2.40. The first-order valence-corrected chi connectivity index (χ1v) is 14.9. The van der Waals surface area contributed by atoms with Crippen molar-refractivity contribution in [2.75, 3.05) is 39.3 Å². The first-order valence-electron chi connectivity index (χ1n) is 14.9. The van der Waals surface area contributed by atoms with Gasteiger partial charge in [-0.2, -0.15) is 0 Å². The lowest BCUT2D eigenvalue weighted by atomic mass is 9.77. The quantitative estimate of drug-likeness (QED) is 0.295. The summed E-state index contributed by atoms with van der Waals surface area (Å²) in [6.07, 6.45) is 13.3. The van der Waals surface area contributed by atoms with Gasteiger partial charge in [0.2, 0.25) is 0 Å². The number of carboxylic acid groups (broad SMARTS) is 1. The van der Waals surface area contributed by atoms with Gasteiger partial charge in [-0.05, 0) is 74.8 Å². The van der Waals surface area contributed by atoms with Crippen molar-refractivity contribution >= 4 is 5.97 Å². The van der Waals surface area contributed by atoms with Crippen LogP contribution < -0.4 is 5.32 Å². The molecular weight excluding hydrogens is 502 g/mol. The lowest BCUT2D eigenvalue weighted by molar-refractivity contribution is 0.0695. The fourth-order valence-electron chi connectivity index (χ4n) is 6.61. The molecule has 3 aromatic rings. The highest BCUT2D eigenvalue weighted by Gasteiger charge is 2.40. The van der Waals surface area contributed by atoms with Crippen LogP contribution in [0.4, 0.5) is 0 Å². The van der Waals surface area contributed by atoms with Gasteiger partial charge in [0, 0.05) is 57.4 Å². The highest BCUT2D eigenvalue weighted by molar-refractivity contribution is 5.89. The number of hydrogen-bond acceptors (Lipinski definition) is 6. The van der Waals surface area contributed by atoms with Crippen molar-refractivity contribution in [2.45, 2.75) is 65.1 Å². The summed E-state index contributed by atoms with van der Waals surface area (Å²) in [4.78, 5) is 29.4. The minimum absolute atomic E-state index is 0.103. The molecule has 0 aliphatic carbocycles. The van der Waals surface area contributed by atoms with Crippen LogP contribution in [0.2, 0.25) is 0 Å². The molecule has 1 aromatic carbocycles. The number of imidazole rings is 2. The van der Waals surface area contributed by atoms with Gasteiger partial charge in [-0.25, -0.2) is 14.8 Å². The molecule has 9 nitrogen and oxygen atoms in total. The molecule has 2 saturated heterocycles. The number of aryl methyl sites for hydroxylation is 1. The van der Waals surface area contributed by atoms with Gasteiger partial charge in [0.25, 0.3) is 0 Å². The number of aromatic carboxylic acids is 1. The van der Waals surface area contributed by atoms with E-state index in [4.69, 9.17) is 4.98 Å². The summed E-state index contributed by atoms with van der Waals surface area (Å²) in [5.74, 6) is 1.67. The third kappa shape index (κ3) is 7.19. The number of carboxylic acids is 1. The highest BCUT2D eigenvalue weighted by Crippen LogP contribution is 2.40. The Morgan fingerprint density at radius 2 is 1.85 bits per heavy atom. The first-order chi connectivity index (χ1) is 19.4. The molecule has 0 bridgehead atoms. The molecular formula is C31H45N7O2. The maximum atomic E-state index is 11.7. The molecule has 1 atom stereocenters. The number of H-pyrrole nitrogens is 1. The average Bonchev–Trinajstić information content (AvgIpc) is 3.70. The average molecular weight is 548 g/mol. The van der Waals surface area contributed by atoms with E-state index in [1.54, 1.807) is 18.3 Å². The second-order valence-electron chi connectivity index (χ2n) is 12.2. The molecule has 1 spiro atoms. The summed E-state index contributed by atoms with van der Waals surface area (Å²) in [5.41, 5.74) is 1.61. The number of aromatic amines is 1. The molecule has 5 rings (SSSR count). The Morgan fingerprint density at radius 3 is 2.58 bits per heavy atom. The van der Waals surface area contributed by atoms with Crippen molar-refractivity contribution in [2.24, 2.45) is 11.3 Å². The topological polar surface area (TPSA) is 102 Å². The van der Waals surface area contributed by atoms with Gasteiger partial charge in [0.05, 0.1) is 11.6 Å². The van der Waals surface area contributed by atoms with E-state index in [0.29, 0.717) is 23.9 Å². The Morgan fingerprint density at radius 1 is 1.07 bits per heavy atom. The molecule has 2 aromatic heterocycles. The van der Waals surface area contributed by atoms with E-state index in [9.17, 15) is 9.90 Å². The number of benzene rings is 1. The fraction of sp³-hybridized carbons (Fsp3) is 0.581. The number of piperidine rings is 1. The molecule has 216 valence electrons. The normalized spacial score (nSPS) is 18.6. The minimum atomic E-state index is -0.911. The minimum Gasteiger partial charge on any atom is -0.478 e. The maximum absolute atomic E-state index is 11.7. The second kappa shape index (κ2) is 13.1. The molecule has 3 N–H and O–H groups in total. The van der Waals surface area contributed by atoms with Crippen molar-refractivity contribution in [1.29, 1.82) is 0 Å². The number of rotatable bonds is 13. The number of nitrogens with one attached hydrogen (secondary N) is 2. The molecule has 2 aliphatic heterocycles. The molecule has 0 saturated carbocycles. The molecule has 2 aliphatic rings. The van der Waals surface area contributed by atoms with Gasteiger partial charge in [0.15, 0.2) is 0 Å². The standard InChI is InChI=1S/C31H45N7O2/c1-24(2)22-36-16-8-31(9-17-36)10-18-37(23-31)14-5-15-38-19-13-34-29(38)27(20-28-32-11-12-33-28)35-21-25-6-3-4-7-26(25)30(39)40/h3-4,6-7,11-13,19,24,27,35H,5,8-10,14-18,20-23H2,1-2H3,(H,32,33)(H,39,40). The van der Waals surface area contributed by atoms with Gasteiger partial charge >= 0.3 is 5.97 Å². The Kier molecular flexibility index (Phi) is 9.34. The summed E-state index contributed by atoms with van der Waals surface area (Å²) < 4.78 is 2.25. The van der Waals surface area contributed by atoms with Crippen molar-refractivity contribution < 1.29 is 9.90 Å². The predicted molar refractivity (Wildman–Crippen MR) is 156 cm³/mol. The predicted octanol–water partition coefficient (Wildman–Crippen LogP) is 4.21. The summed E-state index contributed by atoms with van der Waals surface area (Å²) in [6, 6.07) is 7.05. The number of carbonyl (C=O) groups is 1. The number of likely N-dealkylation sites (tertiary alicyclic amines) is 2. The van der Waals surface area contributed by atoms with Crippen LogP contribution in [0.3, 0.4) is 0 Å². The van der Waals surface area contributed by atoms with Gasteiger partial charge in [-0.3, -0.25) is 0 Å². The van der Waals surface area contributed by atoms with Crippen LogP contribution in [0, 0.1) is 11.3 Å². The van der Waals surface area contributed by atoms with Crippen LogP contribution in [0.15, 0.2) is 49.1 Å². The van der Waals surface area contributed by atoms with Crippen molar-refractivity contribution in [3.8, 4) is 0 Å². The lowest BCUT2D eigenvalue weighted by Crippen LogP contribution is -2.42. The summed E-state index contributed by atoms with van der Waals surface area (Å²) in [6.45, 7) is 13.3. The first kappa shape index (κ1) is 28.5. The molecule has 0 radical (unpaired) electrons. The smallest absolute Gasteiger partial charge is 0.336 e. The third-order valence-corrected chi connectivity index (χ3v) is 8.73. The number of nitrogens with zero attached hydrogens (tertiary/aromatic N) is 5. The Hall–Kier alpha value is -3.01. The highest BCUT2D eigenvalue weighted by atomic mass is 16.4. The Balaban J connectivity index is 1.17. The van der Waals surface area contributed by atoms with E-state index in [1.165, 1.54) is 52.0 Å². The third-order valence-electron chi connectivity index (χ3n) is 8.73. The van der Waals surface area contributed by atoms with Crippen LogP contribution in [0.25, 0.3) is 0 Å². The maximum Gasteiger partial charge on any atom is 0.336 e. The van der Waals surface area contributed by atoms with Gasteiger partial charge < -0.3 is 29.8 Å². The fourth-order valence-corrected chi connectivity index (χ4v) is 6.61. The van der Waals surface area contributed by atoms with Crippen molar-refractivity contribution in [1.82, 2.24) is 34.6 Å². The molecule has 40 heavy (non-hydrogen) atoms. The van der Waals surface area contributed by atoms with E-state index in [2.05, 4.69) is 49.7 Å². The zero-order chi connectivity index (χ0) is 28.0. The van der Waals surface area contributed by atoms with Gasteiger partial charge in [0.1, 0.15) is 11.6 Å². The van der Waals surface area contributed by atoms with Crippen LogP contribution in [0.1, 0.15) is 73.1 Å². The monoisotopic (exact) mass is 547 g/mol. The molecule has 0 amide bonds. The Bertz CT molecular complexity index is 1210. The SMILES string of the molecule is CC(C)CN1CCC2(CC1)CCN(CCCn1ccnc1C(Cc1ncc[nH]1)NCc1ccccc1C(=O)O)C2. The second-order valence-corrected chi connectivity index (χ2v) is 12.2. The molecule has 2 fully saturated rings. The van der Waals surface area contributed by atoms with E-state index in [0.717, 1.165) is 42.6 Å². The van der Waals surface area contributed by atoms with Crippen LogP contribution in [-0.2, 0) is 19.5 Å². The zero-order valence-corrected chi connectivity index (χ0v) is 24.1. The van der Waals surface area contributed by atoms with E-state index < -0.39 is 5.97 Å². The zero-order valence-electron chi connectivity index (χ0n) is 24.1. The summed E-state index contributed by atoms with van der Waals surface area (Å²) in [7, 11) is 0. The van der Waals surface area contributed by atoms with E-state index >= 15 is 0 Å². The largest absolute Gasteiger partial charge is 0.478 e. The van der Waals surface area contributed by atoms with Crippen LogP contribution in [-0.4, -0.2) is 79.7 Å². The number of hydrogen-bond donors (Lipinski definition) is 3. The molecule has 1 unspecified atom stereocenters. The van der Waals surface area contributed by atoms with Gasteiger partial charge in [-0.1, -0.05) is 32.0 Å². The summed E-state index contributed by atoms with van der Waals surface area (Å²) in [5, 5.41) is 13.2. The van der Waals surface area contributed by atoms with Gasteiger partial charge in [-0.15, -0.1) is 0 Å². The van der Waals surface area contributed by atoms with Crippen molar-refractivity contribution in [3.05, 3.63) is 71.8 Å². The van der Waals surface area contributed by atoms with Crippen LogP contribution >= 0.6 is 0 Å². The molecule has 4 heterocycles. The van der Waals surface area contributed by atoms with E-state index in [1.807, 2.05) is 24.5 Å². The van der Waals surface area contributed by atoms with Crippen molar-refractivity contribution in [3.63, 3.8) is 0 Å². The Labute approximate surface area is 238 Å².